The average Bonchev–Trinajstić information content (AvgIpc) is 3.15. The van der Waals surface area contributed by atoms with E-state index in [9.17, 15) is 17.2 Å². The Hall–Kier alpha value is -3.52. The molecule has 4 aromatic rings. The van der Waals surface area contributed by atoms with E-state index < -0.39 is 21.5 Å². The SMILES string of the molecule is O=S(=O)(c1ccccc1)c1nc(-c2ccc(F)cc2)oc1Nc1ccc(F)cc1. The number of halogens is 2. The van der Waals surface area contributed by atoms with Crippen LogP contribution in [0, 0.1) is 11.6 Å². The molecular weight excluding hydrogens is 398 g/mol. The van der Waals surface area contributed by atoms with Crippen molar-refractivity contribution in [1.82, 2.24) is 4.98 Å². The van der Waals surface area contributed by atoms with Gasteiger partial charge in [-0.3, -0.25) is 0 Å². The summed E-state index contributed by atoms with van der Waals surface area (Å²) in [7, 11) is -4.01. The molecule has 5 nitrogen and oxygen atoms in total. The van der Waals surface area contributed by atoms with Gasteiger partial charge in [-0.15, -0.1) is 0 Å². The molecule has 0 saturated heterocycles. The summed E-state index contributed by atoms with van der Waals surface area (Å²) < 4.78 is 58.3. The summed E-state index contributed by atoms with van der Waals surface area (Å²) in [4.78, 5) is 4.20. The van der Waals surface area contributed by atoms with Crippen LogP contribution in [0.4, 0.5) is 20.4 Å². The molecule has 0 bridgehead atoms. The number of rotatable bonds is 5. The monoisotopic (exact) mass is 412 g/mol. The van der Waals surface area contributed by atoms with Gasteiger partial charge in [0.05, 0.1) is 4.90 Å². The Kier molecular flexibility index (Phi) is 4.85. The van der Waals surface area contributed by atoms with Crippen LogP contribution in [-0.4, -0.2) is 13.4 Å². The third-order valence-corrected chi connectivity index (χ3v) is 5.78. The number of benzene rings is 3. The van der Waals surface area contributed by atoms with Crippen molar-refractivity contribution in [3.05, 3.63) is 90.5 Å². The Morgan fingerprint density at radius 3 is 2.00 bits per heavy atom. The molecule has 3 aromatic carbocycles. The number of hydrogen-bond acceptors (Lipinski definition) is 5. The second kappa shape index (κ2) is 7.48. The lowest BCUT2D eigenvalue weighted by molar-refractivity contribution is 0.581. The van der Waals surface area contributed by atoms with Crippen LogP contribution < -0.4 is 5.32 Å². The molecule has 0 aliphatic rings. The van der Waals surface area contributed by atoms with Crippen LogP contribution in [0.1, 0.15) is 0 Å². The maximum atomic E-state index is 13.2. The highest BCUT2D eigenvalue weighted by atomic mass is 32.2. The summed E-state index contributed by atoms with van der Waals surface area (Å²) in [6, 6.07) is 18.4. The summed E-state index contributed by atoms with van der Waals surface area (Å²) in [5, 5.41) is 2.50. The summed E-state index contributed by atoms with van der Waals surface area (Å²) in [5.74, 6) is -0.997. The minimum absolute atomic E-state index is 0.00381. The molecule has 0 spiro atoms. The first-order valence-electron chi connectivity index (χ1n) is 8.53. The number of anilines is 2. The van der Waals surface area contributed by atoms with Crippen LogP contribution in [0.3, 0.4) is 0 Å². The van der Waals surface area contributed by atoms with E-state index in [0.29, 0.717) is 11.3 Å². The molecule has 0 saturated carbocycles. The zero-order valence-corrected chi connectivity index (χ0v) is 15.7. The molecule has 0 atom stereocenters. The van der Waals surface area contributed by atoms with Gasteiger partial charge in [-0.2, -0.15) is 4.98 Å². The van der Waals surface area contributed by atoms with E-state index >= 15 is 0 Å². The van der Waals surface area contributed by atoms with Gasteiger partial charge in [0.1, 0.15) is 11.6 Å². The van der Waals surface area contributed by atoms with Crippen molar-refractivity contribution >= 4 is 21.4 Å². The van der Waals surface area contributed by atoms with Crippen molar-refractivity contribution in [2.24, 2.45) is 0 Å². The smallest absolute Gasteiger partial charge is 0.238 e. The Labute approximate surface area is 165 Å². The molecule has 146 valence electrons. The van der Waals surface area contributed by atoms with E-state index in [2.05, 4.69) is 10.3 Å². The van der Waals surface area contributed by atoms with Crippen molar-refractivity contribution < 1.29 is 21.6 Å². The van der Waals surface area contributed by atoms with E-state index in [1.54, 1.807) is 18.2 Å². The zero-order valence-electron chi connectivity index (χ0n) is 14.8. The standard InChI is InChI=1S/C21H14F2N2O3S/c22-15-8-6-14(7-9-15)19-25-21(29(26,27)18-4-2-1-3-5-18)20(28-19)24-17-12-10-16(23)11-13-17/h1-13,24H. The molecular formula is C21H14F2N2O3S. The van der Waals surface area contributed by atoms with Gasteiger partial charge in [0.25, 0.3) is 0 Å². The lowest BCUT2D eigenvalue weighted by atomic mass is 10.2. The van der Waals surface area contributed by atoms with Gasteiger partial charge >= 0.3 is 0 Å². The number of nitrogens with zero attached hydrogens (tertiary/aromatic N) is 1. The van der Waals surface area contributed by atoms with Crippen LogP contribution >= 0.6 is 0 Å². The molecule has 4 rings (SSSR count). The summed E-state index contributed by atoms with van der Waals surface area (Å²) >= 11 is 0. The Morgan fingerprint density at radius 1 is 0.793 bits per heavy atom. The van der Waals surface area contributed by atoms with Crippen LogP contribution in [-0.2, 0) is 9.84 Å². The highest BCUT2D eigenvalue weighted by Crippen LogP contribution is 2.34. The van der Waals surface area contributed by atoms with Gasteiger partial charge in [-0.1, -0.05) is 18.2 Å². The Morgan fingerprint density at radius 2 is 1.38 bits per heavy atom. The number of oxazole rings is 1. The van der Waals surface area contributed by atoms with Gasteiger partial charge in [0, 0.05) is 11.3 Å². The normalized spacial score (nSPS) is 11.4. The molecule has 1 aromatic heterocycles. The highest BCUT2D eigenvalue weighted by Gasteiger charge is 2.28. The van der Waals surface area contributed by atoms with Gasteiger partial charge in [0.15, 0.2) is 0 Å². The average molecular weight is 412 g/mol. The molecule has 0 unspecified atom stereocenters. The van der Waals surface area contributed by atoms with Gasteiger partial charge in [-0.25, -0.2) is 17.2 Å². The molecule has 0 amide bonds. The molecule has 0 radical (unpaired) electrons. The number of hydrogen-bond donors (Lipinski definition) is 1. The van der Waals surface area contributed by atoms with Gasteiger partial charge in [0.2, 0.25) is 26.6 Å². The van der Waals surface area contributed by atoms with E-state index in [0.717, 1.165) is 0 Å². The predicted octanol–water partition coefficient (Wildman–Crippen LogP) is 5.20. The second-order valence-corrected chi connectivity index (χ2v) is 7.97. The van der Waals surface area contributed by atoms with E-state index in [1.807, 2.05) is 0 Å². The maximum Gasteiger partial charge on any atom is 0.238 e. The van der Waals surface area contributed by atoms with Crippen molar-refractivity contribution in [3.63, 3.8) is 0 Å². The molecule has 1 N–H and O–H groups in total. The fourth-order valence-corrected chi connectivity index (χ4v) is 3.94. The molecule has 1 heterocycles. The Balaban J connectivity index is 1.83. The second-order valence-electron chi connectivity index (χ2n) is 6.11. The summed E-state index contributed by atoms with van der Waals surface area (Å²) in [6.45, 7) is 0. The molecule has 29 heavy (non-hydrogen) atoms. The minimum Gasteiger partial charge on any atom is -0.419 e. The fourth-order valence-electron chi connectivity index (χ4n) is 2.66. The van der Waals surface area contributed by atoms with Crippen molar-refractivity contribution in [2.75, 3.05) is 5.32 Å². The topological polar surface area (TPSA) is 72.2 Å². The summed E-state index contributed by atoms with van der Waals surface area (Å²) in [5.41, 5.74) is 0.820. The minimum atomic E-state index is -4.01. The van der Waals surface area contributed by atoms with E-state index in [1.165, 1.54) is 60.7 Å². The largest absolute Gasteiger partial charge is 0.419 e. The van der Waals surface area contributed by atoms with Crippen LogP contribution in [0.25, 0.3) is 11.5 Å². The third kappa shape index (κ3) is 3.88. The lowest BCUT2D eigenvalue weighted by Gasteiger charge is -2.06. The Bertz CT molecular complexity index is 1240. The van der Waals surface area contributed by atoms with E-state index in [4.69, 9.17) is 4.42 Å². The molecule has 8 heteroatoms. The summed E-state index contributed by atoms with van der Waals surface area (Å²) in [6.07, 6.45) is 0. The lowest BCUT2D eigenvalue weighted by Crippen LogP contribution is -2.05. The van der Waals surface area contributed by atoms with Crippen molar-refractivity contribution in [1.29, 1.82) is 0 Å². The van der Waals surface area contributed by atoms with Crippen LogP contribution in [0.2, 0.25) is 0 Å². The predicted molar refractivity (Wildman–Crippen MR) is 103 cm³/mol. The number of nitrogens with one attached hydrogen (secondary N) is 1. The third-order valence-electron chi connectivity index (χ3n) is 4.10. The van der Waals surface area contributed by atoms with Crippen LogP contribution in [0.5, 0.6) is 0 Å². The quantitative estimate of drug-likeness (QED) is 0.488. The van der Waals surface area contributed by atoms with Gasteiger partial charge < -0.3 is 9.73 Å². The molecule has 0 aliphatic heterocycles. The zero-order chi connectivity index (χ0) is 20.4. The first-order chi connectivity index (χ1) is 13.9. The van der Waals surface area contributed by atoms with Crippen molar-refractivity contribution in [2.45, 2.75) is 9.92 Å². The molecule has 0 aliphatic carbocycles. The first kappa shape index (κ1) is 18.8. The van der Waals surface area contributed by atoms with Crippen molar-refractivity contribution in [3.8, 4) is 11.5 Å². The highest BCUT2D eigenvalue weighted by molar-refractivity contribution is 7.91. The fraction of sp³-hybridized carbons (Fsp3) is 0. The first-order valence-corrected chi connectivity index (χ1v) is 10.0. The molecule has 0 fully saturated rings. The number of aromatic nitrogens is 1. The maximum absolute atomic E-state index is 13.2. The van der Waals surface area contributed by atoms with E-state index in [-0.39, 0.29) is 21.7 Å². The number of sulfone groups is 1. The van der Waals surface area contributed by atoms with Gasteiger partial charge in [-0.05, 0) is 60.7 Å². The van der Waals surface area contributed by atoms with Crippen LogP contribution in [0.15, 0.2) is 93.2 Å².